The Bertz CT molecular complexity index is 365. The Hall–Kier alpha value is -1.62. The van der Waals surface area contributed by atoms with Gasteiger partial charge in [-0.1, -0.05) is 18.1 Å². The van der Waals surface area contributed by atoms with Crippen LogP contribution in [0.3, 0.4) is 0 Å². The summed E-state index contributed by atoms with van der Waals surface area (Å²) < 4.78 is 11.3. The largest absolute Gasteiger partial charge is 0.486 e. The Kier molecular flexibility index (Phi) is 2.32. The molecular weight excluding hydrogens is 176 g/mol. The van der Waals surface area contributed by atoms with Gasteiger partial charge in [-0.2, -0.15) is 0 Å². The summed E-state index contributed by atoms with van der Waals surface area (Å²) in [4.78, 5) is 0. The van der Waals surface area contributed by atoms with E-state index in [1.54, 1.807) is 0 Å². The predicted molar refractivity (Wildman–Crippen MR) is 54.4 cm³/mol. The maximum atomic E-state index is 5.72. The van der Waals surface area contributed by atoms with Gasteiger partial charge in [-0.05, 0) is 19.1 Å². The topological polar surface area (TPSA) is 18.5 Å². The highest BCUT2D eigenvalue weighted by Gasteiger charge is 2.24. The van der Waals surface area contributed by atoms with Crippen LogP contribution >= 0.6 is 0 Å². The van der Waals surface area contributed by atoms with E-state index in [9.17, 15) is 0 Å². The van der Waals surface area contributed by atoms with Crippen molar-refractivity contribution in [2.45, 2.75) is 13.0 Å². The number of rotatable bonds is 1. The molecule has 0 spiro atoms. The average molecular weight is 188 g/mol. The molecule has 0 fully saturated rings. The van der Waals surface area contributed by atoms with Gasteiger partial charge in [-0.15, -0.1) is 6.42 Å². The molecule has 0 saturated heterocycles. The van der Waals surface area contributed by atoms with E-state index in [4.69, 9.17) is 15.9 Å². The van der Waals surface area contributed by atoms with Crippen LogP contribution < -0.4 is 9.47 Å². The zero-order chi connectivity index (χ0) is 9.97. The van der Waals surface area contributed by atoms with E-state index in [0.29, 0.717) is 6.61 Å². The van der Waals surface area contributed by atoms with E-state index in [-0.39, 0.29) is 12.0 Å². The Morgan fingerprint density at radius 1 is 1.43 bits per heavy atom. The van der Waals surface area contributed by atoms with Crippen LogP contribution in [0.25, 0.3) is 0 Å². The van der Waals surface area contributed by atoms with Crippen LogP contribution in [0.1, 0.15) is 6.92 Å². The summed E-state index contributed by atoms with van der Waals surface area (Å²) in [5.41, 5.74) is 0. The maximum absolute atomic E-state index is 5.72. The molecule has 1 aromatic rings. The molecule has 2 nitrogen and oxygen atoms in total. The Balaban J connectivity index is 2.18. The molecule has 2 rings (SSSR count). The van der Waals surface area contributed by atoms with Gasteiger partial charge in [0.25, 0.3) is 0 Å². The van der Waals surface area contributed by atoms with Crippen LogP contribution in [0.4, 0.5) is 0 Å². The summed E-state index contributed by atoms with van der Waals surface area (Å²) in [6.07, 6.45) is 5.30. The number of hydrogen-bond acceptors (Lipinski definition) is 2. The number of hydrogen-bond donors (Lipinski definition) is 0. The second-order valence-electron chi connectivity index (χ2n) is 3.37. The summed E-state index contributed by atoms with van der Waals surface area (Å²) in [5.74, 6) is 4.32. The third kappa shape index (κ3) is 1.54. The molecule has 14 heavy (non-hydrogen) atoms. The average Bonchev–Trinajstić information content (AvgIpc) is 2.27. The lowest BCUT2D eigenvalue weighted by molar-refractivity contribution is 0.0696. The Labute approximate surface area is 83.8 Å². The molecule has 0 saturated carbocycles. The zero-order valence-corrected chi connectivity index (χ0v) is 8.07. The fourth-order valence-corrected chi connectivity index (χ4v) is 1.39. The van der Waals surface area contributed by atoms with Crippen molar-refractivity contribution in [1.82, 2.24) is 0 Å². The van der Waals surface area contributed by atoms with E-state index in [2.05, 4.69) is 5.92 Å². The zero-order valence-electron chi connectivity index (χ0n) is 8.07. The van der Waals surface area contributed by atoms with Gasteiger partial charge in [0.2, 0.25) is 0 Å². The molecule has 0 aromatic heterocycles. The minimum Gasteiger partial charge on any atom is -0.486 e. The third-order valence-corrected chi connectivity index (χ3v) is 2.35. The van der Waals surface area contributed by atoms with Crippen molar-refractivity contribution in [3.05, 3.63) is 24.3 Å². The highest BCUT2D eigenvalue weighted by atomic mass is 16.6. The molecule has 1 aromatic carbocycles. The number of para-hydroxylation sites is 2. The quantitative estimate of drug-likeness (QED) is 0.628. The van der Waals surface area contributed by atoms with Crippen LogP contribution in [0.15, 0.2) is 24.3 Å². The molecule has 2 unspecified atom stereocenters. The number of fused-ring (bicyclic) bond motifs is 1. The van der Waals surface area contributed by atoms with Gasteiger partial charge in [-0.3, -0.25) is 0 Å². The number of terminal acetylenes is 1. The summed E-state index contributed by atoms with van der Waals surface area (Å²) in [6.45, 7) is 2.49. The number of benzene rings is 1. The predicted octanol–water partition coefficient (Wildman–Crippen LogP) is 2.10. The van der Waals surface area contributed by atoms with Crippen LogP contribution in [-0.4, -0.2) is 12.7 Å². The minimum atomic E-state index is -0.0325. The monoisotopic (exact) mass is 188 g/mol. The molecule has 1 aliphatic rings. The SMILES string of the molecule is C#CC(C)C1COc2ccccc2O1. The van der Waals surface area contributed by atoms with Crippen molar-refractivity contribution in [3.63, 3.8) is 0 Å². The van der Waals surface area contributed by atoms with Crippen molar-refractivity contribution >= 4 is 0 Å². The molecule has 1 aliphatic heterocycles. The first kappa shape index (κ1) is 8.96. The molecule has 2 atom stereocenters. The van der Waals surface area contributed by atoms with Gasteiger partial charge >= 0.3 is 0 Å². The summed E-state index contributed by atoms with van der Waals surface area (Å²) in [5, 5.41) is 0. The van der Waals surface area contributed by atoms with Crippen LogP contribution in [0, 0.1) is 18.3 Å². The number of ether oxygens (including phenoxy) is 2. The van der Waals surface area contributed by atoms with Crippen LogP contribution in [-0.2, 0) is 0 Å². The lowest BCUT2D eigenvalue weighted by Crippen LogP contribution is -2.34. The highest BCUT2D eigenvalue weighted by molar-refractivity contribution is 5.40. The smallest absolute Gasteiger partial charge is 0.161 e. The van der Waals surface area contributed by atoms with E-state index in [1.165, 1.54) is 0 Å². The van der Waals surface area contributed by atoms with Gasteiger partial charge in [0, 0.05) is 0 Å². The molecule has 0 amide bonds. The Morgan fingerprint density at radius 2 is 2.14 bits per heavy atom. The second kappa shape index (κ2) is 3.63. The normalized spacial score (nSPS) is 21.0. The molecule has 1 heterocycles. The lowest BCUT2D eigenvalue weighted by Gasteiger charge is -2.28. The fraction of sp³-hybridized carbons (Fsp3) is 0.333. The van der Waals surface area contributed by atoms with Crippen molar-refractivity contribution in [2.75, 3.05) is 6.61 Å². The third-order valence-electron chi connectivity index (χ3n) is 2.35. The standard InChI is InChI=1S/C12H12O2/c1-3-9(2)12-8-13-10-6-4-5-7-11(10)14-12/h1,4-7,9,12H,8H2,2H3. The minimum absolute atomic E-state index is 0.0325. The van der Waals surface area contributed by atoms with Gasteiger partial charge in [0.1, 0.15) is 12.7 Å². The molecule has 0 aliphatic carbocycles. The summed E-state index contributed by atoms with van der Waals surface area (Å²) in [6, 6.07) is 7.63. The van der Waals surface area contributed by atoms with Gasteiger partial charge < -0.3 is 9.47 Å². The molecule has 0 bridgehead atoms. The van der Waals surface area contributed by atoms with Crippen molar-refractivity contribution in [1.29, 1.82) is 0 Å². The van der Waals surface area contributed by atoms with Crippen molar-refractivity contribution < 1.29 is 9.47 Å². The van der Waals surface area contributed by atoms with Crippen molar-refractivity contribution in [3.8, 4) is 23.8 Å². The van der Waals surface area contributed by atoms with Gasteiger partial charge in [0.15, 0.2) is 11.5 Å². The second-order valence-corrected chi connectivity index (χ2v) is 3.37. The van der Waals surface area contributed by atoms with E-state index in [1.807, 2.05) is 31.2 Å². The first-order valence-corrected chi connectivity index (χ1v) is 4.66. The summed E-state index contributed by atoms with van der Waals surface area (Å²) >= 11 is 0. The first-order chi connectivity index (χ1) is 6.81. The van der Waals surface area contributed by atoms with E-state index >= 15 is 0 Å². The van der Waals surface area contributed by atoms with Gasteiger partial charge in [0.05, 0.1) is 5.92 Å². The highest BCUT2D eigenvalue weighted by Crippen LogP contribution is 2.32. The lowest BCUT2D eigenvalue weighted by atomic mass is 10.1. The Morgan fingerprint density at radius 3 is 2.86 bits per heavy atom. The fourth-order valence-electron chi connectivity index (χ4n) is 1.39. The molecular formula is C12H12O2. The molecule has 0 radical (unpaired) electrons. The van der Waals surface area contributed by atoms with Crippen LogP contribution in [0.5, 0.6) is 11.5 Å². The van der Waals surface area contributed by atoms with E-state index < -0.39 is 0 Å². The summed E-state index contributed by atoms with van der Waals surface area (Å²) in [7, 11) is 0. The van der Waals surface area contributed by atoms with Crippen LogP contribution in [0.2, 0.25) is 0 Å². The van der Waals surface area contributed by atoms with Gasteiger partial charge in [-0.25, -0.2) is 0 Å². The molecule has 72 valence electrons. The van der Waals surface area contributed by atoms with E-state index in [0.717, 1.165) is 11.5 Å². The maximum Gasteiger partial charge on any atom is 0.161 e. The molecule has 2 heteroatoms. The first-order valence-electron chi connectivity index (χ1n) is 4.66. The molecule has 0 N–H and O–H groups in total. The van der Waals surface area contributed by atoms with Crippen molar-refractivity contribution in [2.24, 2.45) is 5.92 Å².